The number of amides is 1. The second kappa shape index (κ2) is 6.23. The first-order chi connectivity index (χ1) is 8.34. The summed E-state index contributed by atoms with van der Waals surface area (Å²) in [5.41, 5.74) is 0.674. The van der Waals surface area contributed by atoms with E-state index in [0.29, 0.717) is 5.56 Å². The average molecular weight is 266 g/mol. The summed E-state index contributed by atoms with van der Waals surface area (Å²) in [5.74, 6) is 0.928. The van der Waals surface area contributed by atoms with Gasteiger partial charge in [0, 0.05) is 12.2 Å². The smallest absolute Gasteiger partial charge is 0.253 e. The van der Waals surface area contributed by atoms with Gasteiger partial charge < -0.3 is 5.32 Å². The van der Waals surface area contributed by atoms with Gasteiger partial charge in [0.2, 0.25) is 0 Å². The number of aromatic nitrogens is 1. The minimum Gasteiger partial charge on any atom is -0.349 e. The molecular weight excluding hydrogens is 244 g/mol. The Bertz CT molecular complexity index is 395. The van der Waals surface area contributed by atoms with Crippen molar-refractivity contribution in [3.8, 4) is 0 Å². The van der Waals surface area contributed by atoms with E-state index in [1.165, 1.54) is 0 Å². The minimum absolute atomic E-state index is 0.0566. The van der Waals surface area contributed by atoms with E-state index in [-0.39, 0.29) is 17.4 Å². The molecule has 1 atom stereocenters. The standard InChI is InChI=1S/C14H22N2OS/c1-6-18-12-8-7-11(9-15-12)13(17)16-10(2)14(3,4)5/h7-10H,6H2,1-5H3,(H,16,17). The molecular formula is C14H22N2OS. The summed E-state index contributed by atoms with van der Waals surface area (Å²) < 4.78 is 0. The summed E-state index contributed by atoms with van der Waals surface area (Å²) in [6.45, 7) is 10.4. The monoisotopic (exact) mass is 266 g/mol. The molecule has 1 rings (SSSR count). The zero-order valence-corrected chi connectivity index (χ0v) is 12.6. The van der Waals surface area contributed by atoms with Crippen molar-refractivity contribution in [3.05, 3.63) is 23.9 Å². The van der Waals surface area contributed by atoms with E-state index >= 15 is 0 Å². The van der Waals surface area contributed by atoms with Crippen LogP contribution in [0.5, 0.6) is 0 Å². The molecule has 0 spiro atoms. The van der Waals surface area contributed by atoms with E-state index in [0.717, 1.165) is 10.8 Å². The predicted octanol–water partition coefficient (Wildman–Crippen LogP) is 3.36. The largest absolute Gasteiger partial charge is 0.349 e. The molecule has 1 heterocycles. The number of rotatable bonds is 4. The molecule has 0 saturated carbocycles. The van der Waals surface area contributed by atoms with Crippen LogP contribution in [0.15, 0.2) is 23.4 Å². The van der Waals surface area contributed by atoms with E-state index in [2.05, 4.69) is 38.0 Å². The van der Waals surface area contributed by atoms with Gasteiger partial charge in [-0.3, -0.25) is 4.79 Å². The molecule has 0 radical (unpaired) electrons. The topological polar surface area (TPSA) is 42.0 Å². The maximum absolute atomic E-state index is 12.0. The number of nitrogens with one attached hydrogen (secondary N) is 1. The molecule has 0 aliphatic heterocycles. The molecule has 0 aliphatic rings. The predicted molar refractivity (Wildman–Crippen MR) is 77.0 cm³/mol. The molecule has 4 heteroatoms. The first-order valence-corrected chi connectivity index (χ1v) is 7.23. The minimum atomic E-state index is -0.0574. The quantitative estimate of drug-likeness (QED) is 0.850. The fourth-order valence-electron chi connectivity index (χ4n) is 1.24. The maximum Gasteiger partial charge on any atom is 0.253 e. The lowest BCUT2D eigenvalue weighted by atomic mass is 9.88. The number of nitrogens with zero attached hydrogens (tertiary/aromatic N) is 1. The van der Waals surface area contributed by atoms with E-state index in [1.54, 1.807) is 18.0 Å². The van der Waals surface area contributed by atoms with Gasteiger partial charge in [-0.2, -0.15) is 0 Å². The Morgan fingerprint density at radius 3 is 2.56 bits per heavy atom. The summed E-state index contributed by atoms with van der Waals surface area (Å²) in [5, 5.41) is 3.96. The molecule has 18 heavy (non-hydrogen) atoms. The Labute approximate surface area is 114 Å². The molecule has 1 aromatic heterocycles. The maximum atomic E-state index is 12.0. The average Bonchev–Trinajstić information content (AvgIpc) is 2.29. The van der Waals surface area contributed by atoms with Crippen LogP contribution in [-0.4, -0.2) is 22.7 Å². The second-order valence-corrected chi connectivity index (χ2v) is 6.66. The van der Waals surface area contributed by atoms with Crippen LogP contribution in [0.25, 0.3) is 0 Å². The van der Waals surface area contributed by atoms with Crippen LogP contribution in [-0.2, 0) is 0 Å². The van der Waals surface area contributed by atoms with Crippen LogP contribution in [0, 0.1) is 5.41 Å². The highest BCUT2D eigenvalue weighted by atomic mass is 32.2. The van der Waals surface area contributed by atoms with E-state index < -0.39 is 0 Å². The van der Waals surface area contributed by atoms with Crippen molar-refractivity contribution >= 4 is 17.7 Å². The van der Waals surface area contributed by atoms with Crippen LogP contribution in [0.4, 0.5) is 0 Å². The van der Waals surface area contributed by atoms with Gasteiger partial charge in [0.1, 0.15) is 0 Å². The molecule has 3 nitrogen and oxygen atoms in total. The van der Waals surface area contributed by atoms with Gasteiger partial charge in [0.05, 0.1) is 10.6 Å². The molecule has 100 valence electrons. The van der Waals surface area contributed by atoms with Gasteiger partial charge >= 0.3 is 0 Å². The molecule has 1 aromatic rings. The lowest BCUT2D eigenvalue weighted by Gasteiger charge is -2.28. The van der Waals surface area contributed by atoms with Gasteiger partial charge in [-0.05, 0) is 30.2 Å². The van der Waals surface area contributed by atoms with E-state index in [1.807, 2.05) is 19.1 Å². The molecule has 1 amide bonds. The Morgan fingerprint density at radius 1 is 1.44 bits per heavy atom. The molecule has 1 N–H and O–H groups in total. The van der Waals surface area contributed by atoms with Crippen LogP contribution >= 0.6 is 11.8 Å². The normalized spacial score (nSPS) is 13.2. The molecule has 1 unspecified atom stereocenters. The number of thioether (sulfide) groups is 1. The molecule has 0 bridgehead atoms. The molecule has 0 aromatic carbocycles. The molecule has 0 aliphatic carbocycles. The lowest BCUT2D eigenvalue weighted by Crippen LogP contribution is -2.41. The van der Waals surface area contributed by atoms with Crippen molar-refractivity contribution in [1.82, 2.24) is 10.3 Å². The number of hydrogen-bond donors (Lipinski definition) is 1. The third kappa shape index (κ3) is 4.33. The molecule has 0 saturated heterocycles. The van der Waals surface area contributed by atoms with Crippen molar-refractivity contribution in [2.24, 2.45) is 5.41 Å². The van der Waals surface area contributed by atoms with Crippen LogP contribution in [0.1, 0.15) is 45.0 Å². The third-order valence-corrected chi connectivity index (χ3v) is 3.76. The van der Waals surface area contributed by atoms with Crippen LogP contribution < -0.4 is 5.32 Å². The summed E-state index contributed by atoms with van der Waals surface area (Å²) in [4.78, 5) is 16.3. The van der Waals surface area contributed by atoms with Crippen molar-refractivity contribution in [3.63, 3.8) is 0 Å². The Balaban J connectivity index is 2.67. The summed E-state index contributed by atoms with van der Waals surface area (Å²) in [6, 6.07) is 3.84. The van der Waals surface area contributed by atoms with Gasteiger partial charge in [0.25, 0.3) is 5.91 Å². The number of pyridine rings is 1. The number of carbonyl (C=O) groups is 1. The van der Waals surface area contributed by atoms with E-state index in [4.69, 9.17) is 0 Å². The van der Waals surface area contributed by atoms with Crippen LogP contribution in [0.3, 0.4) is 0 Å². The molecule has 0 fully saturated rings. The highest BCUT2D eigenvalue weighted by molar-refractivity contribution is 7.99. The van der Waals surface area contributed by atoms with Crippen LogP contribution in [0.2, 0.25) is 0 Å². The summed E-state index contributed by atoms with van der Waals surface area (Å²) in [6.07, 6.45) is 1.64. The lowest BCUT2D eigenvalue weighted by molar-refractivity contribution is 0.0909. The Kier molecular flexibility index (Phi) is 5.20. The Hall–Kier alpha value is -1.03. The van der Waals surface area contributed by atoms with Gasteiger partial charge in [-0.25, -0.2) is 4.98 Å². The third-order valence-electron chi connectivity index (χ3n) is 2.94. The fraction of sp³-hybridized carbons (Fsp3) is 0.571. The van der Waals surface area contributed by atoms with Crippen molar-refractivity contribution in [1.29, 1.82) is 0 Å². The highest BCUT2D eigenvalue weighted by Gasteiger charge is 2.22. The van der Waals surface area contributed by atoms with Crippen molar-refractivity contribution in [2.75, 3.05) is 5.75 Å². The zero-order chi connectivity index (χ0) is 13.8. The van der Waals surface area contributed by atoms with Crippen molar-refractivity contribution < 1.29 is 4.79 Å². The van der Waals surface area contributed by atoms with E-state index in [9.17, 15) is 4.79 Å². The van der Waals surface area contributed by atoms with Gasteiger partial charge in [-0.15, -0.1) is 11.8 Å². The summed E-state index contributed by atoms with van der Waals surface area (Å²) in [7, 11) is 0. The second-order valence-electron chi connectivity index (χ2n) is 5.38. The highest BCUT2D eigenvalue weighted by Crippen LogP contribution is 2.19. The number of hydrogen-bond acceptors (Lipinski definition) is 3. The fourth-order valence-corrected chi connectivity index (χ4v) is 1.83. The van der Waals surface area contributed by atoms with Crippen molar-refractivity contribution in [2.45, 2.75) is 45.7 Å². The first-order valence-electron chi connectivity index (χ1n) is 6.24. The summed E-state index contributed by atoms with van der Waals surface area (Å²) >= 11 is 1.67. The Morgan fingerprint density at radius 2 is 2.11 bits per heavy atom. The van der Waals surface area contributed by atoms with Gasteiger partial charge in [0.15, 0.2) is 0 Å². The van der Waals surface area contributed by atoms with Gasteiger partial charge in [-0.1, -0.05) is 27.7 Å². The zero-order valence-electron chi connectivity index (χ0n) is 11.8. The SMILES string of the molecule is CCSc1ccc(C(=O)NC(C)C(C)(C)C)cn1. The number of carbonyl (C=O) groups excluding carboxylic acids is 1. The first kappa shape index (κ1) is 15.0.